The normalized spacial score (nSPS) is 8.11. The van der Waals surface area contributed by atoms with Crippen LogP contribution in [0.2, 0.25) is 0 Å². The molecule has 0 fully saturated rings. The molecule has 0 rings (SSSR count). The van der Waals surface area contributed by atoms with Gasteiger partial charge in [-0.15, -0.1) is 0 Å². The van der Waals surface area contributed by atoms with Gasteiger partial charge in [0, 0.05) is 23.1 Å². The largest absolute Gasteiger partial charge is 0.481 e. The lowest BCUT2D eigenvalue weighted by Crippen LogP contribution is -2.09. The molecule has 0 amide bonds. The van der Waals surface area contributed by atoms with Crippen molar-refractivity contribution in [2.45, 2.75) is 26.7 Å². The molecule has 9 heteroatoms. The van der Waals surface area contributed by atoms with E-state index in [-0.39, 0.29) is 36.3 Å². The number of ether oxygens (including phenoxy) is 2. The molecular weight excluding hydrogens is 272 g/mol. The van der Waals surface area contributed by atoms with Crippen LogP contribution in [0.15, 0.2) is 0 Å². The Bertz CT molecular complexity index is 272. The van der Waals surface area contributed by atoms with Gasteiger partial charge in [-0.25, -0.2) is 0 Å². The summed E-state index contributed by atoms with van der Waals surface area (Å²) in [6.45, 7) is 3.71. The maximum absolute atomic E-state index is 10.3. The lowest BCUT2D eigenvalue weighted by atomic mass is 10.4. The molecule has 0 spiro atoms. The van der Waals surface area contributed by atoms with Gasteiger partial charge in [-0.3, -0.25) is 19.2 Å². The number of carboxylic acid groups (broad SMARTS) is 2. The van der Waals surface area contributed by atoms with Gasteiger partial charge in [0.25, 0.3) is 0 Å². The highest BCUT2D eigenvalue weighted by atomic mass is 24.3. The molecule has 0 bridgehead atoms. The number of carboxylic acids is 2. The van der Waals surface area contributed by atoms with Gasteiger partial charge in [-0.1, -0.05) is 0 Å². The molecule has 0 atom stereocenters. The van der Waals surface area contributed by atoms with Crippen LogP contribution >= 0.6 is 0 Å². The highest BCUT2D eigenvalue weighted by molar-refractivity contribution is 5.90. The molecule has 0 unspecified atom stereocenters. The van der Waals surface area contributed by atoms with Crippen molar-refractivity contribution in [3.63, 3.8) is 0 Å². The minimum atomic E-state index is -1.16. The molecule has 106 valence electrons. The summed E-state index contributed by atoms with van der Waals surface area (Å²) in [5, 5.41) is 16.0. The average Bonchev–Trinajstić information content (AvgIpc) is 2.16. The van der Waals surface area contributed by atoms with Gasteiger partial charge < -0.3 is 19.7 Å². The minimum absolute atomic E-state index is 0. The Morgan fingerprint density at radius 3 is 1.21 bits per heavy atom. The average molecular weight is 289 g/mol. The van der Waals surface area contributed by atoms with Crippen molar-refractivity contribution >= 4 is 46.9 Å². The number of hydrogen-bond acceptors (Lipinski definition) is 6. The van der Waals surface area contributed by atoms with E-state index in [0.717, 1.165) is 0 Å². The SMILES string of the molecule is CCOC(=O)CC(=O)O.CCOC(=O)CC(=O)O.[Mg]. The van der Waals surface area contributed by atoms with Crippen LogP contribution in [0, 0.1) is 0 Å². The zero-order chi connectivity index (χ0) is 14.6. The Balaban J connectivity index is -0.000000256. The first-order chi connectivity index (χ1) is 8.33. The highest BCUT2D eigenvalue weighted by Gasteiger charge is 2.06. The maximum atomic E-state index is 10.3. The third-order valence-corrected chi connectivity index (χ3v) is 1.20. The van der Waals surface area contributed by atoms with Crippen molar-refractivity contribution in [1.82, 2.24) is 0 Å². The second kappa shape index (κ2) is 14.7. The first-order valence-electron chi connectivity index (χ1n) is 5.08. The smallest absolute Gasteiger partial charge is 0.317 e. The van der Waals surface area contributed by atoms with E-state index in [1.807, 2.05) is 0 Å². The van der Waals surface area contributed by atoms with Gasteiger partial charge in [0.05, 0.1) is 13.2 Å². The lowest BCUT2D eigenvalue weighted by Gasteiger charge is -1.95. The van der Waals surface area contributed by atoms with Crippen molar-refractivity contribution < 1.29 is 38.9 Å². The summed E-state index contributed by atoms with van der Waals surface area (Å²) < 4.78 is 8.67. The first-order valence-corrected chi connectivity index (χ1v) is 5.08. The predicted molar refractivity (Wildman–Crippen MR) is 63.5 cm³/mol. The molecule has 0 saturated heterocycles. The Hall–Kier alpha value is -1.35. The molecule has 0 aliphatic carbocycles. The molecule has 0 aliphatic heterocycles. The zero-order valence-electron chi connectivity index (χ0n) is 10.9. The summed E-state index contributed by atoms with van der Waals surface area (Å²) in [7, 11) is 0. The number of aliphatic carboxylic acids is 2. The Kier molecular flexibility index (Phi) is 17.6. The fourth-order valence-corrected chi connectivity index (χ4v) is 0.671. The minimum Gasteiger partial charge on any atom is -0.481 e. The summed E-state index contributed by atoms with van der Waals surface area (Å²) in [4.78, 5) is 40.1. The van der Waals surface area contributed by atoms with Crippen LogP contribution in [0.3, 0.4) is 0 Å². The van der Waals surface area contributed by atoms with Gasteiger partial charge >= 0.3 is 23.9 Å². The van der Waals surface area contributed by atoms with Gasteiger partial charge in [-0.05, 0) is 13.8 Å². The number of carbonyl (C=O) groups excluding carboxylic acids is 2. The van der Waals surface area contributed by atoms with Crippen LogP contribution < -0.4 is 0 Å². The fraction of sp³-hybridized carbons (Fsp3) is 0.600. The topological polar surface area (TPSA) is 127 Å². The van der Waals surface area contributed by atoms with Crippen molar-refractivity contribution in [1.29, 1.82) is 0 Å². The van der Waals surface area contributed by atoms with Crippen LogP contribution in [0.5, 0.6) is 0 Å². The lowest BCUT2D eigenvalue weighted by molar-refractivity contribution is -0.152. The van der Waals surface area contributed by atoms with Crippen LogP contribution in [-0.2, 0) is 28.7 Å². The zero-order valence-corrected chi connectivity index (χ0v) is 12.3. The quantitative estimate of drug-likeness (QED) is 0.386. The van der Waals surface area contributed by atoms with E-state index in [4.69, 9.17) is 10.2 Å². The molecule has 8 nitrogen and oxygen atoms in total. The van der Waals surface area contributed by atoms with Crippen LogP contribution in [-0.4, -0.2) is 70.4 Å². The molecular formula is C10H16MgO8. The van der Waals surface area contributed by atoms with Gasteiger partial charge in [-0.2, -0.15) is 0 Å². The fourth-order valence-electron chi connectivity index (χ4n) is 0.671. The van der Waals surface area contributed by atoms with Crippen molar-refractivity contribution in [2.75, 3.05) is 13.2 Å². The van der Waals surface area contributed by atoms with E-state index in [1.165, 1.54) is 0 Å². The summed E-state index contributed by atoms with van der Waals surface area (Å²) in [5.74, 6) is -3.70. The number of hydrogen-bond donors (Lipinski definition) is 2. The Morgan fingerprint density at radius 1 is 0.789 bits per heavy atom. The van der Waals surface area contributed by atoms with Gasteiger partial charge in [0.1, 0.15) is 12.8 Å². The van der Waals surface area contributed by atoms with Crippen LogP contribution in [0.25, 0.3) is 0 Å². The molecule has 0 aliphatic rings. The molecule has 0 heterocycles. The molecule has 19 heavy (non-hydrogen) atoms. The third kappa shape index (κ3) is 22.3. The monoisotopic (exact) mass is 288 g/mol. The second-order valence-electron chi connectivity index (χ2n) is 2.75. The standard InChI is InChI=1S/2C5H8O4.Mg/c2*1-2-9-5(8)3-4(6)7;/h2*2-3H2,1H3,(H,6,7);. The summed E-state index contributed by atoms with van der Waals surface area (Å²) in [6.07, 6.45) is -1.10. The summed E-state index contributed by atoms with van der Waals surface area (Å²) >= 11 is 0. The summed E-state index contributed by atoms with van der Waals surface area (Å²) in [5.41, 5.74) is 0. The molecule has 2 radical (unpaired) electrons. The van der Waals surface area contributed by atoms with Crippen molar-refractivity contribution in [3.8, 4) is 0 Å². The van der Waals surface area contributed by atoms with Crippen molar-refractivity contribution in [2.24, 2.45) is 0 Å². The number of rotatable bonds is 6. The van der Waals surface area contributed by atoms with Gasteiger partial charge in [0.15, 0.2) is 0 Å². The number of esters is 2. The molecule has 0 aromatic heterocycles. The third-order valence-electron chi connectivity index (χ3n) is 1.20. The van der Waals surface area contributed by atoms with Crippen LogP contribution in [0.1, 0.15) is 26.7 Å². The number of carbonyl (C=O) groups is 4. The van der Waals surface area contributed by atoms with Gasteiger partial charge in [0.2, 0.25) is 0 Å². The molecule has 0 aromatic carbocycles. The molecule has 0 aromatic rings. The van der Waals surface area contributed by atoms with E-state index in [0.29, 0.717) is 0 Å². The second-order valence-corrected chi connectivity index (χ2v) is 2.75. The maximum Gasteiger partial charge on any atom is 0.317 e. The van der Waals surface area contributed by atoms with Crippen molar-refractivity contribution in [3.05, 3.63) is 0 Å². The molecule has 0 saturated carbocycles. The van der Waals surface area contributed by atoms with E-state index < -0.39 is 36.7 Å². The van der Waals surface area contributed by atoms with Crippen LogP contribution in [0.4, 0.5) is 0 Å². The van der Waals surface area contributed by atoms with E-state index in [1.54, 1.807) is 13.8 Å². The van der Waals surface area contributed by atoms with E-state index in [9.17, 15) is 19.2 Å². The highest BCUT2D eigenvalue weighted by Crippen LogP contribution is 1.84. The Morgan fingerprint density at radius 2 is 1.05 bits per heavy atom. The predicted octanol–water partition coefficient (Wildman–Crippen LogP) is -0.332. The summed E-state index contributed by atoms with van der Waals surface area (Å²) in [6, 6.07) is 0. The first kappa shape index (κ1) is 22.8. The van der Waals surface area contributed by atoms with E-state index >= 15 is 0 Å². The van der Waals surface area contributed by atoms with E-state index in [2.05, 4.69) is 9.47 Å². The Labute approximate surface area is 126 Å². The molecule has 2 N–H and O–H groups in total.